The minimum Gasteiger partial charge on any atom is -0.369 e. The molecule has 2 aliphatic rings. The van der Waals surface area contributed by atoms with Gasteiger partial charge in [-0.1, -0.05) is 6.42 Å². The van der Waals surface area contributed by atoms with Gasteiger partial charge in [0.1, 0.15) is 11.7 Å². The molecule has 3 N–H and O–H groups in total. The van der Waals surface area contributed by atoms with Crippen molar-refractivity contribution in [3.8, 4) is 0 Å². The van der Waals surface area contributed by atoms with E-state index in [1.54, 1.807) is 0 Å². The molecule has 3 amide bonds. The lowest BCUT2D eigenvalue weighted by Gasteiger charge is -2.35. The molecule has 6 nitrogen and oxygen atoms in total. The van der Waals surface area contributed by atoms with Crippen LogP contribution >= 0.6 is 0 Å². The average Bonchev–Trinajstić information content (AvgIpc) is 2.52. The largest absolute Gasteiger partial charge is 0.369 e. The first-order valence-electron chi connectivity index (χ1n) is 5.14. The second kappa shape index (κ2) is 3.40. The quantitative estimate of drug-likeness (QED) is 0.346. The highest BCUT2D eigenvalue weighted by Crippen LogP contribution is 2.47. The molecule has 0 radical (unpaired) electrons. The molecule has 6 heteroatoms. The van der Waals surface area contributed by atoms with Gasteiger partial charge in [-0.3, -0.25) is 19.7 Å². The highest BCUT2D eigenvalue weighted by atomic mass is 16.2. The Morgan fingerprint density at radius 3 is 2.75 bits per heavy atom. The average molecular weight is 224 g/mol. The van der Waals surface area contributed by atoms with Crippen molar-refractivity contribution in [3.63, 3.8) is 0 Å². The lowest BCUT2D eigenvalue weighted by atomic mass is 9.63. The van der Waals surface area contributed by atoms with Gasteiger partial charge in [0.05, 0.1) is 5.92 Å². The summed E-state index contributed by atoms with van der Waals surface area (Å²) in [5, 5.41) is 2.11. The van der Waals surface area contributed by atoms with Gasteiger partial charge in [0.2, 0.25) is 17.7 Å². The summed E-state index contributed by atoms with van der Waals surface area (Å²) in [7, 11) is 0. The maximum atomic E-state index is 11.7. The fourth-order valence-electron chi connectivity index (χ4n) is 2.81. The van der Waals surface area contributed by atoms with E-state index in [4.69, 9.17) is 5.73 Å². The van der Waals surface area contributed by atoms with Crippen molar-refractivity contribution in [1.82, 2.24) is 5.32 Å². The number of primary amides is 1. The molecule has 1 saturated heterocycles. The van der Waals surface area contributed by atoms with Crippen LogP contribution < -0.4 is 11.1 Å². The molecule has 1 aliphatic heterocycles. The fourth-order valence-corrected chi connectivity index (χ4v) is 2.81. The van der Waals surface area contributed by atoms with Crippen LogP contribution in [0.3, 0.4) is 0 Å². The second-order valence-corrected chi connectivity index (χ2v) is 4.32. The topological polar surface area (TPSA) is 106 Å². The molecule has 1 heterocycles. The molecule has 3 atom stereocenters. The number of carbonyl (C=O) groups is 4. The van der Waals surface area contributed by atoms with Gasteiger partial charge in [-0.25, -0.2) is 0 Å². The molecule has 0 aromatic carbocycles. The van der Waals surface area contributed by atoms with E-state index in [2.05, 4.69) is 5.32 Å². The van der Waals surface area contributed by atoms with Crippen molar-refractivity contribution < 1.29 is 19.2 Å². The summed E-state index contributed by atoms with van der Waals surface area (Å²) >= 11 is 0. The molecule has 0 aromatic rings. The number of nitrogens with one attached hydrogen (secondary N) is 1. The third-order valence-electron chi connectivity index (χ3n) is 3.61. The molecule has 3 unspecified atom stereocenters. The van der Waals surface area contributed by atoms with Crippen LogP contribution in [0.4, 0.5) is 0 Å². The Kier molecular flexibility index (Phi) is 2.29. The van der Waals surface area contributed by atoms with Gasteiger partial charge in [0, 0.05) is 5.92 Å². The van der Waals surface area contributed by atoms with Crippen LogP contribution in [0.25, 0.3) is 0 Å². The van der Waals surface area contributed by atoms with Gasteiger partial charge in [0.25, 0.3) is 0 Å². The predicted molar refractivity (Wildman–Crippen MR) is 51.7 cm³/mol. The Labute approximate surface area is 91.5 Å². The third kappa shape index (κ3) is 1.12. The number of aldehydes is 1. The van der Waals surface area contributed by atoms with Crippen molar-refractivity contribution in [1.29, 1.82) is 0 Å². The molecule has 0 aromatic heterocycles. The number of rotatable bonds is 2. The molecule has 2 rings (SSSR count). The molecule has 16 heavy (non-hydrogen) atoms. The first kappa shape index (κ1) is 10.8. The number of fused-ring (bicyclic) bond motifs is 1. The Balaban J connectivity index is 2.51. The zero-order valence-electron chi connectivity index (χ0n) is 8.56. The van der Waals surface area contributed by atoms with Crippen molar-refractivity contribution in [2.24, 2.45) is 23.0 Å². The van der Waals surface area contributed by atoms with Gasteiger partial charge >= 0.3 is 0 Å². The lowest BCUT2D eigenvalue weighted by Crippen LogP contribution is -2.51. The van der Waals surface area contributed by atoms with Crippen molar-refractivity contribution >= 4 is 24.0 Å². The molecule has 1 aliphatic carbocycles. The van der Waals surface area contributed by atoms with Crippen molar-refractivity contribution in [3.05, 3.63) is 0 Å². The maximum Gasteiger partial charge on any atom is 0.243 e. The summed E-state index contributed by atoms with van der Waals surface area (Å²) in [5.41, 5.74) is 3.75. The van der Waals surface area contributed by atoms with Crippen LogP contribution in [-0.4, -0.2) is 24.0 Å². The van der Waals surface area contributed by atoms with E-state index in [-0.39, 0.29) is 6.42 Å². The maximum absolute atomic E-state index is 11.7. The summed E-state index contributed by atoms with van der Waals surface area (Å²) < 4.78 is 0. The molecular formula is C10H12N2O4. The summed E-state index contributed by atoms with van der Waals surface area (Å²) in [6, 6.07) is 0. The number of imide groups is 1. The number of carbonyl (C=O) groups excluding carboxylic acids is 4. The van der Waals surface area contributed by atoms with Crippen molar-refractivity contribution in [2.45, 2.75) is 19.3 Å². The smallest absolute Gasteiger partial charge is 0.243 e. The number of amides is 3. The Morgan fingerprint density at radius 1 is 1.50 bits per heavy atom. The molecule has 0 spiro atoms. The van der Waals surface area contributed by atoms with Crippen LogP contribution in [0.1, 0.15) is 19.3 Å². The van der Waals surface area contributed by atoms with E-state index >= 15 is 0 Å². The number of hydrogen-bond donors (Lipinski definition) is 2. The predicted octanol–water partition coefficient (Wildman–Crippen LogP) is -1.27. The minimum absolute atomic E-state index is 0.245. The van der Waals surface area contributed by atoms with E-state index in [0.29, 0.717) is 19.1 Å². The monoisotopic (exact) mass is 224 g/mol. The summed E-state index contributed by atoms with van der Waals surface area (Å²) in [4.78, 5) is 45.6. The van der Waals surface area contributed by atoms with E-state index < -0.39 is 35.0 Å². The van der Waals surface area contributed by atoms with E-state index in [1.165, 1.54) is 0 Å². The first-order chi connectivity index (χ1) is 7.54. The summed E-state index contributed by atoms with van der Waals surface area (Å²) in [6.45, 7) is 0. The van der Waals surface area contributed by atoms with Crippen LogP contribution in [0.15, 0.2) is 0 Å². The Bertz CT molecular complexity index is 392. The first-order valence-corrected chi connectivity index (χ1v) is 5.14. The van der Waals surface area contributed by atoms with Crippen LogP contribution in [-0.2, 0) is 19.2 Å². The van der Waals surface area contributed by atoms with Gasteiger partial charge < -0.3 is 10.5 Å². The van der Waals surface area contributed by atoms with Crippen molar-refractivity contribution in [2.75, 3.05) is 0 Å². The molecule has 86 valence electrons. The standard InChI is InChI=1S/C10H12N2O4/c11-8(15)10-3-1-2-5(4-13)6(10)7(14)12-9(10)16/h4-6H,1-3H2,(H2,11,15)(H,12,14,16). The molecular weight excluding hydrogens is 212 g/mol. The number of hydrogen-bond acceptors (Lipinski definition) is 4. The normalized spacial score (nSPS) is 37.8. The van der Waals surface area contributed by atoms with Gasteiger partial charge in [-0.05, 0) is 12.8 Å². The Hall–Kier alpha value is -1.72. The van der Waals surface area contributed by atoms with Gasteiger partial charge in [0.15, 0.2) is 0 Å². The highest BCUT2D eigenvalue weighted by Gasteiger charge is 2.63. The molecule has 0 bridgehead atoms. The fraction of sp³-hybridized carbons (Fsp3) is 0.600. The van der Waals surface area contributed by atoms with Crippen LogP contribution in [0.5, 0.6) is 0 Å². The summed E-state index contributed by atoms with van der Waals surface area (Å²) in [6.07, 6.45) is 1.95. The third-order valence-corrected chi connectivity index (χ3v) is 3.61. The minimum atomic E-state index is -1.50. The van der Waals surface area contributed by atoms with Gasteiger partial charge in [-0.15, -0.1) is 0 Å². The SMILES string of the molecule is NC(=O)C12CCCC(C=O)C1C(=O)NC2=O. The van der Waals surface area contributed by atoms with E-state index in [9.17, 15) is 19.2 Å². The summed E-state index contributed by atoms with van der Waals surface area (Å²) in [5.74, 6) is -3.52. The molecule has 2 fully saturated rings. The van der Waals surface area contributed by atoms with Gasteiger partial charge in [-0.2, -0.15) is 0 Å². The Morgan fingerprint density at radius 2 is 2.19 bits per heavy atom. The van der Waals surface area contributed by atoms with Crippen LogP contribution in [0, 0.1) is 17.3 Å². The lowest BCUT2D eigenvalue weighted by molar-refractivity contribution is -0.147. The highest BCUT2D eigenvalue weighted by molar-refractivity contribution is 6.18. The van der Waals surface area contributed by atoms with Crippen LogP contribution in [0.2, 0.25) is 0 Å². The van der Waals surface area contributed by atoms with E-state index in [1.807, 2.05) is 0 Å². The zero-order valence-corrected chi connectivity index (χ0v) is 8.56. The number of nitrogens with two attached hydrogens (primary N) is 1. The second-order valence-electron chi connectivity index (χ2n) is 4.32. The van der Waals surface area contributed by atoms with E-state index in [0.717, 1.165) is 0 Å². The zero-order chi connectivity index (χ0) is 11.9. The molecule has 1 saturated carbocycles.